The summed E-state index contributed by atoms with van der Waals surface area (Å²) in [7, 11) is 0. The highest BCUT2D eigenvalue weighted by Gasteiger charge is 2.10. The molecule has 0 fully saturated rings. The van der Waals surface area contributed by atoms with Crippen LogP contribution in [0, 0.1) is 6.92 Å². The molecule has 1 aromatic carbocycles. The molecule has 0 aliphatic rings. The fraction of sp³-hybridized carbons (Fsp3) is 0.267. The molecule has 7 heteroatoms. The summed E-state index contributed by atoms with van der Waals surface area (Å²) in [6, 6.07) is 6.85. The van der Waals surface area contributed by atoms with Crippen molar-refractivity contribution in [1.82, 2.24) is 9.97 Å². The topological polar surface area (TPSA) is 95.1 Å². The molecule has 0 atom stereocenters. The van der Waals surface area contributed by atoms with Crippen LogP contribution in [0.1, 0.15) is 18.1 Å². The van der Waals surface area contributed by atoms with Gasteiger partial charge >= 0.3 is 0 Å². The smallest absolute Gasteiger partial charge is 0.255 e. The molecule has 1 amide bonds. The van der Waals surface area contributed by atoms with Crippen molar-refractivity contribution in [2.24, 2.45) is 0 Å². The summed E-state index contributed by atoms with van der Waals surface area (Å²) in [5, 5.41) is 12.4. The molecule has 0 spiro atoms. The van der Waals surface area contributed by atoms with Gasteiger partial charge in [-0.3, -0.25) is 9.59 Å². The lowest BCUT2D eigenvalue weighted by atomic mass is 10.1. The maximum atomic E-state index is 12.1. The number of carbonyl (C=O) groups excluding carboxylic acids is 1. The minimum atomic E-state index is -0.456. The van der Waals surface area contributed by atoms with Crippen molar-refractivity contribution in [2.45, 2.75) is 25.4 Å². The summed E-state index contributed by atoms with van der Waals surface area (Å²) in [6.07, 6.45) is 0.825. The summed E-state index contributed by atoms with van der Waals surface area (Å²) in [5.74, 6) is -0.469. The molecule has 0 unspecified atom stereocenters. The predicted octanol–water partition coefficient (Wildman–Crippen LogP) is 2.08. The lowest BCUT2D eigenvalue weighted by Crippen LogP contribution is -2.17. The normalized spacial score (nSPS) is 10.5. The second-order valence-electron chi connectivity index (χ2n) is 4.71. The molecule has 2 rings (SSSR count). The molecule has 0 aliphatic carbocycles. The van der Waals surface area contributed by atoms with Crippen LogP contribution in [0.4, 0.5) is 5.69 Å². The number of hydrogen-bond acceptors (Lipinski definition) is 5. The number of hydrogen-bond donors (Lipinski definition) is 3. The van der Waals surface area contributed by atoms with Crippen LogP contribution in [0.5, 0.6) is 5.88 Å². The molecule has 1 heterocycles. The first-order chi connectivity index (χ1) is 10.5. The van der Waals surface area contributed by atoms with Crippen molar-refractivity contribution >= 4 is 23.4 Å². The maximum Gasteiger partial charge on any atom is 0.255 e. The van der Waals surface area contributed by atoms with Crippen molar-refractivity contribution in [1.29, 1.82) is 0 Å². The number of H-pyrrole nitrogens is 1. The first-order valence-corrected chi connectivity index (χ1v) is 7.79. The lowest BCUT2D eigenvalue weighted by molar-refractivity contribution is -0.113. The van der Waals surface area contributed by atoms with Gasteiger partial charge in [0.1, 0.15) is 0 Å². The van der Waals surface area contributed by atoms with Gasteiger partial charge in [-0.1, -0.05) is 36.9 Å². The highest BCUT2D eigenvalue weighted by Crippen LogP contribution is 2.22. The van der Waals surface area contributed by atoms with Crippen LogP contribution >= 0.6 is 11.8 Å². The monoisotopic (exact) mass is 319 g/mol. The van der Waals surface area contributed by atoms with E-state index in [4.69, 9.17) is 0 Å². The Balaban J connectivity index is 2.03. The van der Waals surface area contributed by atoms with Crippen molar-refractivity contribution in [3.63, 3.8) is 0 Å². The zero-order valence-corrected chi connectivity index (χ0v) is 13.2. The molecule has 0 saturated heterocycles. The van der Waals surface area contributed by atoms with Gasteiger partial charge in [-0.2, -0.15) is 4.98 Å². The van der Waals surface area contributed by atoms with Crippen LogP contribution in [0.15, 0.2) is 34.2 Å². The Bertz CT molecular complexity index is 743. The minimum absolute atomic E-state index is 0.0872. The van der Waals surface area contributed by atoms with Gasteiger partial charge in [0.2, 0.25) is 11.8 Å². The van der Waals surface area contributed by atoms with E-state index in [0.29, 0.717) is 0 Å². The molecule has 0 radical (unpaired) electrons. The molecule has 1 aromatic heterocycles. The summed E-state index contributed by atoms with van der Waals surface area (Å²) in [5.41, 5.74) is 2.44. The average Bonchev–Trinajstić information content (AvgIpc) is 2.46. The second kappa shape index (κ2) is 7.13. The van der Waals surface area contributed by atoms with E-state index in [9.17, 15) is 14.7 Å². The molecule has 0 bridgehead atoms. The van der Waals surface area contributed by atoms with Crippen LogP contribution in [0.25, 0.3) is 0 Å². The largest absolute Gasteiger partial charge is 0.493 e. The molecular formula is C15H17N3O3S. The average molecular weight is 319 g/mol. The first-order valence-electron chi connectivity index (χ1n) is 6.81. The Labute approximate surface area is 132 Å². The van der Waals surface area contributed by atoms with Crippen molar-refractivity contribution in [2.75, 3.05) is 11.1 Å². The predicted molar refractivity (Wildman–Crippen MR) is 86.4 cm³/mol. The standard InChI is InChI=1S/C15H17N3O3S/c1-3-10-6-4-5-9(2)14(10)16-13(21)8-22-15-17-11(19)7-12(20)18-15/h4-7H,3,8H2,1-2H3,(H,16,21)(H2,17,18,19,20). The number of amides is 1. The van der Waals surface area contributed by atoms with Gasteiger partial charge < -0.3 is 15.4 Å². The highest BCUT2D eigenvalue weighted by molar-refractivity contribution is 7.99. The second-order valence-corrected chi connectivity index (χ2v) is 5.67. The number of rotatable bonds is 5. The van der Waals surface area contributed by atoms with E-state index >= 15 is 0 Å². The van der Waals surface area contributed by atoms with Crippen LogP contribution in [-0.2, 0) is 11.2 Å². The van der Waals surface area contributed by atoms with Gasteiger partial charge in [0.05, 0.1) is 11.8 Å². The third kappa shape index (κ3) is 4.11. The molecule has 0 saturated carbocycles. The Hall–Kier alpha value is -2.28. The quantitative estimate of drug-likeness (QED) is 0.579. The van der Waals surface area contributed by atoms with Crippen molar-refractivity contribution < 1.29 is 9.90 Å². The molecule has 0 aliphatic heterocycles. The Morgan fingerprint density at radius 1 is 1.45 bits per heavy atom. The molecule has 22 heavy (non-hydrogen) atoms. The molecule has 116 valence electrons. The van der Waals surface area contributed by atoms with E-state index in [2.05, 4.69) is 15.3 Å². The number of aryl methyl sites for hydroxylation is 2. The van der Waals surface area contributed by atoms with E-state index in [1.54, 1.807) is 0 Å². The number of anilines is 1. The number of carbonyl (C=O) groups is 1. The van der Waals surface area contributed by atoms with Crippen molar-refractivity contribution in [3.8, 4) is 5.88 Å². The van der Waals surface area contributed by atoms with Gasteiger partial charge in [0.15, 0.2) is 5.16 Å². The van der Waals surface area contributed by atoms with E-state index in [1.165, 1.54) is 0 Å². The van der Waals surface area contributed by atoms with E-state index < -0.39 is 5.56 Å². The third-order valence-electron chi connectivity index (χ3n) is 3.05. The van der Waals surface area contributed by atoms with Gasteiger partial charge in [0.25, 0.3) is 5.56 Å². The van der Waals surface area contributed by atoms with Gasteiger partial charge in [-0.25, -0.2) is 0 Å². The number of nitrogens with one attached hydrogen (secondary N) is 2. The number of aromatic nitrogens is 2. The minimum Gasteiger partial charge on any atom is -0.493 e. The maximum absolute atomic E-state index is 12.1. The van der Waals surface area contributed by atoms with E-state index in [-0.39, 0.29) is 22.7 Å². The summed E-state index contributed by atoms with van der Waals surface area (Å²) < 4.78 is 0. The number of benzene rings is 1. The Morgan fingerprint density at radius 3 is 2.91 bits per heavy atom. The van der Waals surface area contributed by atoms with Gasteiger partial charge in [0, 0.05) is 5.69 Å². The Morgan fingerprint density at radius 2 is 2.23 bits per heavy atom. The number of aromatic hydroxyl groups is 1. The first kappa shape index (κ1) is 16.1. The van der Waals surface area contributed by atoms with E-state index in [1.807, 2.05) is 32.0 Å². The van der Waals surface area contributed by atoms with Crippen LogP contribution in [0.2, 0.25) is 0 Å². The van der Waals surface area contributed by atoms with Gasteiger partial charge in [-0.15, -0.1) is 0 Å². The van der Waals surface area contributed by atoms with Crippen LogP contribution in [-0.4, -0.2) is 26.7 Å². The highest BCUT2D eigenvalue weighted by atomic mass is 32.2. The Kier molecular flexibility index (Phi) is 5.21. The molecule has 2 aromatic rings. The number of para-hydroxylation sites is 1. The molecule has 6 nitrogen and oxygen atoms in total. The van der Waals surface area contributed by atoms with Gasteiger partial charge in [-0.05, 0) is 24.5 Å². The number of aromatic amines is 1. The molecule has 3 N–H and O–H groups in total. The summed E-state index contributed by atoms with van der Waals surface area (Å²) in [4.78, 5) is 29.5. The van der Waals surface area contributed by atoms with Crippen molar-refractivity contribution in [3.05, 3.63) is 45.7 Å². The van der Waals surface area contributed by atoms with Crippen LogP contribution in [0.3, 0.4) is 0 Å². The van der Waals surface area contributed by atoms with Crippen LogP contribution < -0.4 is 10.9 Å². The van der Waals surface area contributed by atoms with E-state index in [0.717, 1.165) is 41.1 Å². The number of nitrogens with zero attached hydrogens (tertiary/aromatic N) is 1. The fourth-order valence-electron chi connectivity index (χ4n) is 2.00. The lowest BCUT2D eigenvalue weighted by Gasteiger charge is -2.12. The zero-order valence-electron chi connectivity index (χ0n) is 12.3. The summed E-state index contributed by atoms with van der Waals surface area (Å²) in [6.45, 7) is 3.97. The fourth-order valence-corrected chi connectivity index (χ4v) is 2.67. The summed E-state index contributed by atoms with van der Waals surface area (Å²) >= 11 is 1.06. The SMILES string of the molecule is CCc1cccc(C)c1NC(=O)CSc1nc(O)cc(=O)[nH]1. The third-order valence-corrected chi connectivity index (χ3v) is 3.92. The zero-order chi connectivity index (χ0) is 16.1. The molecular weight excluding hydrogens is 302 g/mol. The number of thioether (sulfide) groups is 1.